The molecule has 0 amide bonds. The Bertz CT molecular complexity index is 1090. The van der Waals surface area contributed by atoms with Crippen molar-refractivity contribution in [1.82, 2.24) is 0 Å². The fourth-order valence-corrected chi connectivity index (χ4v) is 6.44. The number of allylic oxidation sites excluding steroid dienone is 10. The summed E-state index contributed by atoms with van der Waals surface area (Å²) in [6.07, 6.45) is 48.3. The molecule has 0 fully saturated rings. The number of carbonyl (C=O) groups excluding carboxylic acids is 2. The molecule has 0 spiro atoms. The average molecular weight is 794 g/mol. The van der Waals surface area contributed by atoms with Gasteiger partial charge >= 0.3 is 19.8 Å². The lowest BCUT2D eigenvalue weighted by Crippen LogP contribution is -2.29. The van der Waals surface area contributed by atoms with Crippen molar-refractivity contribution in [1.29, 1.82) is 0 Å². The lowest BCUT2D eigenvalue weighted by Gasteiger charge is -2.19. The molecule has 0 rings (SSSR count). The predicted molar refractivity (Wildman–Crippen MR) is 229 cm³/mol. The van der Waals surface area contributed by atoms with Gasteiger partial charge in [0.05, 0.1) is 13.2 Å². The fourth-order valence-electron chi connectivity index (χ4n) is 5.68. The molecule has 0 aliphatic carbocycles. The zero-order valence-corrected chi connectivity index (χ0v) is 35.8. The minimum absolute atomic E-state index is 0.0440. The summed E-state index contributed by atoms with van der Waals surface area (Å²) in [6, 6.07) is 0. The molecule has 3 N–H and O–H groups in total. The summed E-state index contributed by atoms with van der Waals surface area (Å²) in [5.74, 6) is -0.882. The standard InChI is InChI=1S/C45H80NO8P/c1-3-5-7-9-11-13-15-17-19-20-21-22-24-25-27-29-31-33-35-37-44(47)51-41-43(42-53-55(49,50)52-40-39-46)54-45(48)38-36-34-32-30-28-26-23-18-16-14-12-10-8-6-4-2/h6,8,12,14,17-19,23,28,30,43H,3-5,7,9-11,13,15-16,20-22,24-27,29,31-42,46H2,1-2H3,(H,49,50)/b8-6-,14-12-,19-17-,23-18-,30-28-. The van der Waals surface area contributed by atoms with Gasteiger partial charge in [-0.05, 0) is 77.0 Å². The Morgan fingerprint density at radius 2 is 1.00 bits per heavy atom. The van der Waals surface area contributed by atoms with Gasteiger partial charge in [-0.3, -0.25) is 18.6 Å². The first-order chi connectivity index (χ1) is 26.8. The van der Waals surface area contributed by atoms with Gasteiger partial charge in [0.25, 0.3) is 0 Å². The maximum atomic E-state index is 12.6. The third kappa shape index (κ3) is 41.2. The van der Waals surface area contributed by atoms with E-state index in [1.54, 1.807) is 0 Å². The second-order valence-corrected chi connectivity index (χ2v) is 15.6. The first-order valence-electron chi connectivity index (χ1n) is 21.8. The maximum absolute atomic E-state index is 12.6. The molecule has 9 nitrogen and oxygen atoms in total. The van der Waals surface area contributed by atoms with Gasteiger partial charge in [0, 0.05) is 19.4 Å². The molecule has 0 aliphatic rings. The Kier molecular flexibility index (Phi) is 39.6. The Hall–Kier alpha value is -2.29. The van der Waals surface area contributed by atoms with E-state index in [0.717, 1.165) is 57.8 Å². The molecule has 0 bridgehead atoms. The molecule has 0 aromatic carbocycles. The largest absolute Gasteiger partial charge is 0.472 e. The zero-order valence-electron chi connectivity index (χ0n) is 34.9. The lowest BCUT2D eigenvalue weighted by atomic mass is 10.1. The third-order valence-corrected chi connectivity index (χ3v) is 9.87. The predicted octanol–water partition coefficient (Wildman–Crippen LogP) is 12.5. The molecule has 0 aromatic rings. The maximum Gasteiger partial charge on any atom is 0.472 e. The fraction of sp³-hybridized carbons (Fsp3) is 0.733. The Morgan fingerprint density at radius 1 is 0.564 bits per heavy atom. The van der Waals surface area contributed by atoms with E-state index < -0.39 is 32.5 Å². The van der Waals surface area contributed by atoms with E-state index in [-0.39, 0.29) is 32.6 Å². The second kappa shape index (κ2) is 41.3. The van der Waals surface area contributed by atoms with E-state index in [1.165, 1.54) is 89.9 Å². The monoisotopic (exact) mass is 794 g/mol. The van der Waals surface area contributed by atoms with Gasteiger partial charge < -0.3 is 20.1 Å². The van der Waals surface area contributed by atoms with E-state index in [9.17, 15) is 19.0 Å². The summed E-state index contributed by atoms with van der Waals surface area (Å²) in [5.41, 5.74) is 5.34. The van der Waals surface area contributed by atoms with Crippen LogP contribution in [0, 0.1) is 0 Å². The molecule has 2 unspecified atom stereocenters. The highest BCUT2D eigenvalue weighted by Crippen LogP contribution is 2.43. The van der Waals surface area contributed by atoms with E-state index in [4.69, 9.17) is 24.3 Å². The molecule has 10 heteroatoms. The molecule has 0 radical (unpaired) electrons. The number of phosphoric ester groups is 1. The highest BCUT2D eigenvalue weighted by Gasteiger charge is 2.25. The van der Waals surface area contributed by atoms with Crippen LogP contribution in [0.2, 0.25) is 0 Å². The number of ether oxygens (including phenoxy) is 2. The molecule has 0 aromatic heterocycles. The van der Waals surface area contributed by atoms with Gasteiger partial charge in [-0.2, -0.15) is 0 Å². The molecule has 318 valence electrons. The van der Waals surface area contributed by atoms with Crippen molar-refractivity contribution in [3.8, 4) is 0 Å². The van der Waals surface area contributed by atoms with Crippen LogP contribution >= 0.6 is 7.82 Å². The van der Waals surface area contributed by atoms with E-state index >= 15 is 0 Å². The summed E-state index contributed by atoms with van der Waals surface area (Å²) in [4.78, 5) is 34.8. The van der Waals surface area contributed by atoms with Gasteiger partial charge in [-0.1, -0.05) is 152 Å². The van der Waals surface area contributed by atoms with Crippen LogP contribution < -0.4 is 5.73 Å². The molecule has 0 heterocycles. The van der Waals surface area contributed by atoms with Gasteiger partial charge in [0.15, 0.2) is 6.10 Å². The van der Waals surface area contributed by atoms with E-state index in [1.807, 2.05) is 0 Å². The number of hydrogen-bond acceptors (Lipinski definition) is 8. The number of esters is 2. The number of hydrogen-bond donors (Lipinski definition) is 2. The molecular formula is C45H80NO8P. The van der Waals surface area contributed by atoms with Gasteiger partial charge in [-0.15, -0.1) is 0 Å². The highest BCUT2D eigenvalue weighted by atomic mass is 31.2. The molecule has 0 saturated heterocycles. The lowest BCUT2D eigenvalue weighted by molar-refractivity contribution is -0.161. The third-order valence-electron chi connectivity index (χ3n) is 8.89. The summed E-state index contributed by atoms with van der Waals surface area (Å²) in [7, 11) is -4.39. The van der Waals surface area contributed by atoms with Crippen molar-refractivity contribution in [2.45, 2.75) is 187 Å². The Labute approximate surface area is 336 Å². The second-order valence-electron chi connectivity index (χ2n) is 14.2. The van der Waals surface area contributed by atoms with Crippen LogP contribution in [0.15, 0.2) is 60.8 Å². The number of rotatable bonds is 40. The minimum atomic E-state index is -4.39. The number of nitrogens with two attached hydrogens (primary N) is 1. The van der Waals surface area contributed by atoms with Crippen molar-refractivity contribution in [2.75, 3.05) is 26.4 Å². The molecule has 0 saturated carbocycles. The summed E-state index contributed by atoms with van der Waals surface area (Å²) in [5, 5.41) is 0. The quantitative estimate of drug-likeness (QED) is 0.0269. The van der Waals surface area contributed by atoms with Crippen LogP contribution in [0.1, 0.15) is 181 Å². The highest BCUT2D eigenvalue weighted by molar-refractivity contribution is 7.47. The summed E-state index contributed by atoms with van der Waals surface area (Å²) >= 11 is 0. The first kappa shape index (κ1) is 52.7. The number of carbonyl (C=O) groups is 2. The van der Waals surface area contributed by atoms with Crippen LogP contribution in [-0.2, 0) is 32.7 Å². The van der Waals surface area contributed by atoms with Crippen LogP contribution in [0.25, 0.3) is 0 Å². The van der Waals surface area contributed by atoms with Crippen LogP contribution in [0.3, 0.4) is 0 Å². The minimum Gasteiger partial charge on any atom is -0.462 e. The van der Waals surface area contributed by atoms with Gasteiger partial charge in [0.1, 0.15) is 6.61 Å². The number of phosphoric acid groups is 1. The summed E-state index contributed by atoms with van der Waals surface area (Å²) < 4.78 is 32.7. The van der Waals surface area contributed by atoms with Crippen LogP contribution in [0.5, 0.6) is 0 Å². The van der Waals surface area contributed by atoms with Gasteiger partial charge in [-0.25, -0.2) is 4.57 Å². The SMILES string of the molecule is CC/C=C\C/C=C\C/C=C\C/C=C\CCCCC(=O)OC(COC(=O)CCCCCCCCCCC/C=C\CCCCCCCC)COP(=O)(O)OCCN. The van der Waals surface area contributed by atoms with Crippen molar-refractivity contribution < 1.29 is 37.6 Å². The number of unbranched alkanes of at least 4 members (excludes halogenated alkanes) is 17. The zero-order chi connectivity index (χ0) is 40.3. The van der Waals surface area contributed by atoms with Crippen molar-refractivity contribution in [2.24, 2.45) is 5.73 Å². The Morgan fingerprint density at radius 3 is 1.55 bits per heavy atom. The first-order valence-corrected chi connectivity index (χ1v) is 23.3. The topological polar surface area (TPSA) is 134 Å². The molecule has 2 atom stereocenters. The van der Waals surface area contributed by atoms with E-state index in [2.05, 4.69) is 74.6 Å². The van der Waals surface area contributed by atoms with Crippen molar-refractivity contribution in [3.63, 3.8) is 0 Å². The normalized spacial score (nSPS) is 13.9. The molecule has 55 heavy (non-hydrogen) atoms. The van der Waals surface area contributed by atoms with E-state index in [0.29, 0.717) is 6.42 Å². The van der Waals surface area contributed by atoms with Crippen LogP contribution in [-0.4, -0.2) is 49.3 Å². The summed E-state index contributed by atoms with van der Waals surface area (Å²) in [6.45, 7) is 3.56. The van der Waals surface area contributed by atoms with Gasteiger partial charge in [0.2, 0.25) is 0 Å². The smallest absolute Gasteiger partial charge is 0.462 e. The molecular weight excluding hydrogens is 713 g/mol. The average Bonchev–Trinajstić information content (AvgIpc) is 3.17. The Balaban J connectivity index is 4.19. The molecule has 0 aliphatic heterocycles. The van der Waals surface area contributed by atoms with Crippen molar-refractivity contribution >= 4 is 19.8 Å². The van der Waals surface area contributed by atoms with Crippen LogP contribution in [0.4, 0.5) is 0 Å². The van der Waals surface area contributed by atoms with Crippen molar-refractivity contribution in [3.05, 3.63) is 60.8 Å².